The highest BCUT2D eigenvalue weighted by Crippen LogP contribution is 2.43. The lowest BCUT2D eigenvalue weighted by Gasteiger charge is -2.36. The van der Waals surface area contributed by atoms with Gasteiger partial charge in [-0.05, 0) is 36.2 Å². The van der Waals surface area contributed by atoms with Gasteiger partial charge in [-0.2, -0.15) is 10.4 Å². The third-order valence-corrected chi connectivity index (χ3v) is 6.06. The molecular weight excluding hydrogens is 482 g/mol. The molecule has 2 aromatic carbocycles. The normalized spacial score (nSPS) is 15.5. The molecule has 1 aromatic heterocycles. The number of carbonyl (C=O) groups excluding carboxylic acids is 2. The number of nitrogens with two attached hydrogens (primary N) is 1. The summed E-state index contributed by atoms with van der Waals surface area (Å²) in [4.78, 5) is 27.5. The van der Waals surface area contributed by atoms with Gasteiger partial charge in [-0.3, -0.25) is 4.90 Å². The number of aryl methyl sites for hydroxylation is 1. The van der Waals surface area contributed by atoms with Gasteiger partial charge < -0.3 is 15.2 Å². The minimum absolute atomic E-state index is 0.0434. The number of ether oxygens (including phenoxy) is 2. The second-order valence-electron chi connectivity index (χ2n) is 7.93. The number of halogens is 1. The van der Waals surface area contributed by atoms with Gasteiger partial charge in [0.2, 0.25) is 0 Å². The smallest absolute Gasteiger partial charge is 0.355 e. The number of rotatable bonds is 5. The predicted octanol–water partition coefficient (Wildman–Crippen LogP) is 3.73. The van der Waals surface area contributed by atoms with Crippen molar-refractivity contribution >= 4 is 29.2 Å². The molecule has 36 heavy (non-hydrogen) atoms. The van der Waals surface area contributed by atoms with Crippen molar-refractivity contribution in [3.8, 4) is 11.8 Å². The molecule has 1 atom stereocenters. The molecule has 10 heteroatoms. The summed E-state index contributed by atoms with van der Waals surface area (Å²) in [5.41, 5.74) is 8.79. The fourth-order valence-corrected chi connectivity index (χ4v) is 4.41. The number of hydrogen-bond acceptors (Lipinski definition) is 8. The van der Waals surface area contributed by atoms with Crippen LogP contribution in [-0.4, -0.2) is 35.9 Å². The number of aromatic nitrogens is 2. The third-order valence-electron chi connectivity index (χ3n) is 5.76. The van der Waals surface area contributed by atoms with Crippen LogP contribution in [0.15, 0.2) is 83.6 Å². The highest BCUT2D eigenvalue weighted by atomic mass is 35.5. The summed E-state index contributed by atoms with van der Waals surface area (Å²) in [7, 11) is 2.39. The Labute approximate surface area is 212 Å². The Morgan fingerprint density at radius 1 is 1.11 bits per heavy atom. The molecule has 0 aliphatic carbocycles. The number of nitriles is 1. The first-order chi connectivity index (χ1) is 17.3. The van der Waals surface area contributed by atoms with Crippen LogP contribution in [0.5, 0.6) is 0 Å². The van der Waals surface area contributed by atoms with E-state index in [9.17, 15) is 14.9 Å². The van der Waals surface area contributed by atoms with E-state index in [1.165, 1.54) is 19.1 Å². The van der Waals surface area contributed by atoms with Crippen molar-refractivity contribution in [2.45, 2.75) is 12.8 Å². The molecule has 3 aromatic rings. The van der Waals surface area contributed by atoms with E-state index in [4.69, 9.17) is 26.8 Å². The Bertz CT molecular complexity index is 1450. The quantitative estimate of drug-likeness (QED) is 0.522. The molecular formula is C26H22ClN5O4. The number of nitrogens with zero attached hydrogens (tertiary/aromatic N) is 4. The maximum Gasteiger partial charge on any atom is 0.355 e. The van der Waals surface area contributed by atoms with E-state index in [0.717, 1.165) is 5.56 Å². The first-order valence-electron chi connectivity index (χ1n) is 10.8. The van der Waals surface area contributed by atoms with E-state index in [2.05, 4.69) is 11.2 Å². The minimum atomic E-state index is -0.948. The van der Waals surface area contributed by atoms with Gasteiger partial charge in [0.1, 0.15) is 11.5 Å². The van der Waals surface area contributed by atoms with Crippen LogP contribution >= 0.6 is 11.6 Å². The van der Waals surface area contributed by atoms with Crippen molar-refractivity contribution in [3.63, 3.8) is 0 Å². The van der Waals surface area contributed by atoms with Crippen molar-refractivity contribution in [2.24, 2.45) is 5.73 Å². The zero-order valence-corrected chi connectivity index (χ0v) is 20.5. The molecule has 0 fully saturated rings. The number of hydrogen-bond donors (Lipinski definition) is 1. The van der Waals surface area contributed by atoms with Crippen molar-refractivity contribution < 1.29 is 19.1 Å². The number of esters is 2. The summed E-state index contributed by atoms with van der Waals surface area (Å²) in [6, 6.07) is 15.8. The summed E-state index contributed by atoms with van der Waals surface area (Å²) in [5.74, 6) is -2.63. The van der Waals surface area contributed by atoms with Crippen LogP contribution in [0.25, 0.3) is 5.69 Å². The molecule has 1 unspecified atom stereocenters. The first-order valence-corrected chi connectivity index (χ1v) is 11.2. The molecule has 1 aliphatic heterocycles. The van der Waals surface area contributed by atoms with Crippen molar-refractivity contribution in [1.29, 1.82) is 5.26 Å². The summed E-state index contributed by atoms with van der Waals surface area (Å²) in [5, 5.41) is 14.7. The maximum atomic E-state index is 13.1. The number of methoxy groups -OCH3 is 2. The Morgan fingerprint density at radius 3 is 2.36 bits per heavy atom. The first kappa shape index (κ1) is 24.6. The van der Waals surface area contributed by atoms with Crippen LogP contribution < -0.4 is 10.6 Å². The van der Waals surface area contributed by atoms with E-state index >= 15 is 0 Å². The SMILES string of the molecule is COC(=O)C1=C(C(=O)OC)N(c2ccc(-n3cc(C)cn3)c(Cl)c2)C(N)=C(C#N)C1c1ccccc1. The summed E-state index contributed by atoms with van der Waals surface area (Å²) >= 11 is 6.59. The number of carbonyl (C=O) groups is 2. The largest absolute Gasteiger partial charge is 0.466 e. The van der Waals surface area contributed by atoms with Gasteiger partial charge in [0, 0.05) is 11.9 Å². The molecule has 9 nitrogen and oxygen atoms in total. The van der Waals surface area contributed by atoms with Crippen molar-refractivity contribution in [1.82, 2.24) is 9.78 Å². The van der Waals surface area contributed by atoms with Crippen molar-refractivity contribution in [3.05, 3.63) is 99.7 Å². The fourth-order valence-electron chi connectivity index (χ4n) is 4.15. The summed E-state index contributed by atoms with van der Waals surface area (Å²) < 4.78 is 11.7. The lowest BCUT2D eigenvalue weighted by molar-refractivity contribution is -0.139. The molecule has 0 bridgehead atoms. The monoisotopic (exact) mass is 503 g/mol. The molecule has 0 radical (unpaired) electrons. The van der Waals surface area contributed by atoms with Gasteiger partial charge in [0.15, 0.2) is 0 Å². The lowest BCUT2D eigenvalue weighted by atomic mass is 9.81. The van der Waals surface area contributed by atoms with E-state index in [-0.39, 0.29) is 22.7 Å². The molecule has 182 valence electrons. The average Bonchev–Trinajstić information content (AvgIpc) is 3.33. The van der Waals surface area contributed by atoms with Crippen LogP contribution in [0.3, 0.4) is 0 Å². The van der Waals surface area contributed by atoms with Crippen LogP contribution in [-0.2, 0) is 19.1 Å². The van der Waals surface area contributed by atoms with E-state index in [0.29, 0.717) is 22.0 Å². The number of benzene rings is 2. The van der Waals surface area contributed by atoms with Gasteiger partial charge in [-0.1, -0.05) is 41.9 Å². The Morgan fingerprint density at radius 2 is 1.81 bits per heavy atom. The van der Waals surface area contributed by atoms with Crippen molar-refractivity contribution in [2.75, 3.05) is 19.1 Å². The lowest BCUT2D eigenvalue weighted by Crippen LogP contribution is -2.40. The summed E-state index contributed by atoms with van der Waals surface area (Å²) in [6.07, 6.45) is 3.50. The molecule has 2 heterocycles. The molecule has 4 rings (SSSR count). The number of anilines is 1. The van der Waals surface area contributed by atoms with Gasteiger partial charge in [-0.15, -0.1) is 0 Å². The van der Waals surface area contributed by atoms with Gasteiger partial charge >= 0.3 is 11.9 Å². The van der Waals surface area contributed by atoms with E-state index in [1.54, 1.807) is 59.4 Å². The van der Waals surface area contributed by atoms with E-state index in [1.807, 2.05) is 13.1 Å². The zero-order chi connectivity index (χ0) is 26.0. The van der Waals surface area contributed by atoms with Gasteiger partial charge in [0.25, 0.3) is 0 Å². The molecule has 0 saturated carbocycles. The molecule has 0 saturated heterocycles. The number of allylic oxidation sites excluding steroid dienone is 1. The minimum Gasteiger partial charge on any atom is -0.466 e. The summed E-state index contributed by atoms with van der Waals surface area (Å²) in [6.45, 7) is 1.90. The molecule has 0 spiro atoms. The Hall–Kier alpha value is -4.55. The Balaban J connectivity index is 1.99. The fraction of sp³-hybridized carbons (Fsp3) is 0.154. The van der Waals surface area contributed by atoms with Crippen LogP contribution in [0, 0.1) is 18.3 Å². The molecule has 2 N–H and O–H groups in total. The van der Waals surface area contributed by atoms with Crippen LogP contribution in [0.1, 0.15) is 17.0 Å². The van der Waals surface area contributed by atoms with Crippen LogP contribution in [0.4, 0.5) is 5.69 Å². The Kier molecular flexibility index (Phi) is 6.81. The third kappa shape index (κ3) is 4.19. The van der Waals surface area contributed by atoms with Gasteiger partial charge in [0.05, 0.1) is 54.3 Å². The second kappa shape index (κ2) is 9.98. The van der Waals surface area contributed by atoms with Gasteiger partial charge in [-0.25, -0.2) is 14.3 Å². The standard InChI is InChI=1S/C26H22ClN5O4/c1-15-13-30-31(14-15)20-10-9-17(11-19(20)27)32-23(26(34)36-3)22(25(33)35-2)21(18(12-28)24(32)29)16-7-5-4-6-8-16/h4-11,13-14,21H,29H2,1-3H3. The zero-order valence-electron chi connectivity index (χ0n) is 19.7. The topological polar surface area (TPSA) is 123 Å². The van der Waals surface area contributed by atoms with E-state index < -0.39 is 17.9 Å². The van der Waals surface area contributed by atoms with Crippen LogP contribution in [0.2, 0.25) is 5.02 Å². The maximum absolute atomic E-state index is 13.1. The highest BCUT2D eigenvalue weighted by Gasteiger charge is 2.43. The highest BCUT2D eigenvalue weighted by molar-refractivity contribution is 6.32. The molecule has 0 amide bonds. The average molecular weight is 504 g/mol. The predicted molar refractivity (Wildman–Crippen MR) is 133 cm³/mol. The second-order valence-corrected chi connectivity index (χ2v) is 8.34. The molecule has 1 aliphatic rings.